The fraction of sp³-hybridized carbons (Fsp3) is 0.375. The lowest BCUT2D eigenvalue weighted by molar-refractivity contribution is 0.0945. The van der Waals surface area contributed by atoms with Gasteiger partial charge in [0, 0.05) is 18.7 Å². The fourth-order valence-electron chi connectivity index (χ4n) is 2.16. The number of amides is 1. The molecule has 23 heavy (non-hydrogen) atoms. The van der Waals surface area contributed by atoms with Crippen molar-refractivity contribution in [2.75, 3.05) is 13.1 Å². The molecule has 0 saturated carbocycles. The third-order valence-corrected chi connectivity index (χ3v) is 3.38. The van der Waals surface area contributed by atoms with Gasteiger partial charge in [-0.05, 0) is 32.5 Å². The van der Waals surface area contributed by atoms with Crippen molar-refractivity contribution in [3.05, 3.63) is 51.9 Å². The summed E-state index contributed by atoms with van der Waals surface area (Å²) < 4.78 is 1.36. The van der Waals surface area contributed by atoms with E-state index in [1.165, 1.54) is 10.7 Å². The number of H-pyrrole nitrogens is 1. The highest BCUT2D eigenvalue weighted by molar-refractivity contribution is 5.92. The van der Waals surface area contributed by atoms with Crippen LogP contribution in [0.25, 0.3) is 5.69 Å². The number of hydrogen-bond acceptors (Lipinski definition) is 3. The van der Waals surface area contributed by atoms with Gasteiger partial charge in [-0.15, -0.1) is 12.4 Å². The number of nitrogens with one attached hydrogen (secondary N) is 3. The second-order valence-corrected chi connectivity index (χ2v) is 5.35. The van der Waals surface area contributed by atoms with Crippen LogP contribution < -0.4 is 16.2 Å². The maximum Gasteiger partial charge on any atom is 0.271 e. The Bertz CT molecular complexity index is 691. The standard InChI is InChI=1S/C16H22N4O2.ClH/c1-4-17-12(3)10-18-16(22)14-9-15(21)20(19-14)13-7-5-11(2)6-8-13;/h5-9,12,17,19H,4,10H2,1-3H3,(H,18,22);1H/t12-;/m1./s1. The molecule has 1 amide bonds. The second-order valence-electron chi connectivity index (χ2n) is 5.35. The van der Waals surface area contributed by atoms with Crippen molar-refractivity contribution in [3.8, 4) is 5.69 Å². The van der Waals surface area contributed by atoms with Gasteiger partial charge in [0.1, 0.15) is 5.69 Å². The van der Waals surface area contributed by atoms with Gasteiger partial charge < -0.3 is 10.6 Å². The molecule has 7 heteroatoms. The van der Waals surface area contributed by atoms with Gasteiger partial charge >= 0.3 is 0 Å². The molecule has 0 aliphatic carbocycles. The Hall–Kier alpha value is -2.05. The molecule has 1 heterocycles. The van der Waals surface area contributed by atoms with Crippen molar-refractivity contribution >= 4 is 18.3 Å². The predicted molar refractivity (Wildman–Crippen MR) is 93.8 cm³/mol. The number of aromatic nitrogens is 2. The van der Waals surface area contributed by atoms with E-state index < -0.39 is 0 Å². The number of aromatic amines is 1. The zero-order valence-electron chi connectivity index (χ0n) is 13.6. The summed E-state index contributed by atoms with van der Waals surface area (Å²) in [5, 5.41) is 8.85. The Kier molecular flexibility index (Phi) is 7.06. The van der Waals surface area contributed by atoms with E-state index in [-0.39, 0.29) is 35.6 Å². The molecule has 2 aromatic rings. The highest BCUT2D eigenvalue weighted by Crippen LogP contribution is 2.06. The monoisotopic (exact) mass is 338 g/mol. The topological polar surface area (TPSA) is 78.9 Å². The van der Waals surface area contributed by atoms with Gasteiger partial charge in [0.05, 0.1) is 5.69 Å². The maximum absolute atomic E-state index is 12.1. The Morgan fingerprint density at radius 1 is 1.30 bits per heavy atom. The molecule has 0 radical (unpaired) electrons. The number of carbonyl (C=O) groups is 1. The van der Waals surface area contributed by atoms with E-state index in [0.29, 0.717) is 12.2 Å². The Labute approximate surface area is 141 Å². The molecule has 0 aliphatic heterocycles. The molecule has 0 aliphatic rings. The predicted octanol–water partition coefficient (Wildman–Crippen LogP) is 1.62. The lowest BCUT2D eigenvalue weighted by Crippen LogP contribution is -2.38. The Balaban J connectivity index is 0.00000264. The van der Waals surface area contributed by atoms with Crippen molar-refractivity contribution < 1.29 is 4.79 Å². The lowest BCUT2D eigenvalue weighted by Gasteiger charge is -2.12. The molecule has 0 bridgehead atoms. The average molecular weight is 339 g/mol. The third kappa shape index (κ3) is 4.97. The summed E-state index contributed by atoms with van der Waals surface area (Å²) in [4.78, 5) is 24.1. The minimum atomic E-state index is -0.285. The fourth-order valence-corrected chi connectivity index (χ4v) is 2.16. The van der Waals surface area contributed by atoms with E-state index in [1.807, 2.05) is 45.0 Å². The van der Waals surface area contributed by atoms with Crippen LogP contribution in [0.5, 0.6) is 0 Å². The minimum Gasteiger partial charge on any atom is -0.349 e. The van der Waals surface area contributed by atoms with Crippen LogP contribution in [0, 0.1) is 6.92 Å². The number of halogens is 1. The van der Waals surface area contributed by atoms with Gasteiger partial charge in [-0.1, -0.05) is 24.6 Å². The van der Waals surface area contributed by atoms with Crippen LogP contribution in [0.4, 0.5) is 0 Å². The molecular weight excluding hydrogens is 316 g/mol. The SMILES string of the molecule is CCN[C@H](C)CNC(=O)c1cc(=O)n(-c2ccc(C)cc2)[nH]1.Cl. The van der Waals surface area contributed by atoms with Gasteiger partial charge in [0.2, 0.25) is 0 Å². The average Bonchev–Trinajstić information content (AvgIpc) is 2.88. The van der Waals surface area contributed by atoms with Crippen LogP contribution in [0.1, 0.15) is 29.9 Å². The molecule has 1 atom stereocenters. The van der Waals surface area contributed by atoms with E-state index in [0.717, 1.165) is 12.1 Å². The molecule has 0 saturated heterocycles. The number of hydrogen-bond donors (Lipinski definition) is 3. The molecule has 2 rings (SSSR count). The number of nitrogens with zero attached hydrogens (tertiary/aromatic N) is 1. The van der Waals surface area contributed by atoms with Crippen LogP contribution in [-0.4, -0.2) is 34.8 Å². The van der Waals surface area contributed by atoms with Gasteiger partial charge in [-0.3, -0.25) is 14.7 Å². The summed E-state index contributed by atoms with van der Waals surface area (Å²) in [6, 6.07) is 9.00. The number of aryl methyl sites for hydroxylation is 1. The first-order chi connectivity index (χ1) is 10.5. The minimum absolute atomic E-state index is 0. The first kappa shape index (κ1) is 19.0. The summed E-state index contributed by atoms with van der Waals surface area (Å²) in [5.41, 5.74) is 1.82. The van der Waals surface area contributed by atoms with Crippen LogP contribution in [-0.2, 0) is 0 Å². The summed E-state index contributed by atoms with van der Waals surface area (Å²) in [5.74, 6) is -0.285. The normalized spacial score (nSPS) is 11.6. The van der Waals surface area contributed by atoms with E-state index in [9.17, 15) is 9.59 Å². The van der Waals surface area contributed by atoms with E-state index in [2.05, 4.69) is 15.7 Å². The summed E-state index contributed by atoms with van der Waals surface area (Å²) in [6.45, 7) is 7.33. The van der Waals surface area contributed by atoms with Crippen LogP contribution in [0.2, 0.25) is 0 Å². The second kappa shape index (κ2) is 8.55. The largest absolute Gasteiger partial charge is 0.349 e. The maximum atomic E-state index is 12.1. The number of benzene rings is 1. The molecule has 3 N–H and O–H groups in total. The quantitative estimate of drug-likeness (QED) is 0.749. The molecule has 1 aromatic carbocycles. The van der Waals surface area contributed by atoms with E-state index >= 15 is 0 Å². The molecule has 0 unspecified atom stereocenters. The molecule has 1 aromatic heterocycles. The van der Waals surface area contributed by atoms with Crippen LogP contribution in [0.15, 0.2) is 35.1 Å². The van der Waals surface area contributed by atoms with Crippen molar-refractivity contribution in [2.45, 2.75) is 26.8 Å². The van der Waals surface area contributed by atoms with E-state index in [4.69, 9.17) is 0 Å². The van der Waals surface area contributed by atoms with Gasteiger partial charge in [0.25, 0.3) is 11.5 Å². The first-order valence-corrected chi connectivity index (χ1v) is 7.42. The van der Waals surface area contributed by atoms with Gasteiger partial charge in [-0.2, -0.15) is 0 Å². The number of carbonyl (C=O) groups excluding carboxylic acids is 1. The molecular formula is C16H23ClN4O2. The van der Waals surface area contributed by atoms with Gasteiger partial charge in [-0.25, -0.2) is 4.68 Å². The highest BCUT2D eigenvalue weighted by Gasteiger charge is 2.12. The zero-order chi connectivity index (χ0) is 16.1. The molecule has 6 nitrogen and oxygen atoms in total. The zero-order valence-corrected chi connectivity index (χ0v) is 14.4. The summed E-state index contributed by atoms with van der Waals surface area (Å²) in [7, 11) is 0. The lowest BCUT2D eigenvalue weighted by atomic mass is 10.2. The third-order valence-electron chi connectivity index (χ3n) is 3.38. The van der Waals surface area contributed by atoms with Crippen molar-refractivity contribution in [1.82, 2.24) is 20.4 Å². The van der Waals surface area contributed by atoms with Crippen LogP contribution in [0.3, 0.4) is 0 Å². The molecule has 126 valence electrons. The smallest absolute Gasteiger partial charge is 0.271 e. The van der Waals surface area contributed by atoms with Gasteiger partial charge in [0.15, 0.2) is 0 Å². The number of rotatable bonds is 6. The Morgan fingerprint density at radius 3 is 2.57 bits per heavy atom. The Morgan fingerprint density at radius 2 is 1.96 bits per heavy atom. The molecule has 0 fully saturated rings. The number of likely N-dealkylation sites (N-methyl/N-ethyl adjacent to an activating group) is 1. The van der Waals surface area contributed by atoms with Crippen molar-refractivity contribution in [3.63, 3.8) is 0 Å². The van der Waals surface area contributed by atoms with E-state index in [1.54, 1.807) is 0 Å². The highest BCUT2D eigenvalue weighted by atomic mass is 35.5. The first-order valence-electron chi connectivity index (χ1n) is 7.42. The summed E-state index contributed by atoms with van der Waals surface area (Å²) >= 11 is 0. The van der Waals surface area contributed by atoms with Crippen LogP contribution >= 0.6 is 12.4 Å². The van der Waals surface area contributed by atoms with Crippen molar-refractivity contribution in [1.29, 1.82) is 0 Å². The summed E-state index contributed by atoms with van der Waals surface area (Å²) in [6.07, 6.45) is 0. The van der Waals surface area contributed by atoms with Crippen molar-refractivity contribution in [2.24, 2.45) is 0 Å². The molecule has 0 spiro atoms.